The maximum Gasteiger partial charge on any atom is 0.235 e. The smallest absolute Gasteiger partial charge is 0.235 e. The van der Waals surface area contributed by atoms with Crippen molar-refractivity contribution in [2.45, 2.75) is 46.0 Å². The Morgan fingerprint density at radius 2 is 1.84 bits per heavy atom. The van der Waals surface area contributed by atoms with E-state index in [0.717, 1.165) is 11.3 Å². The molecule has 0 aromatic heterocycles. The van der Waals surface area contributed by atoms with Crippen molar-refractivity contribution in [3.8, 4) is 41.0 Å². The van der Waals surface area contributed by atoms with Crippen molar-refractivity contribution in [1.82, 2.24) is 4.90 Å². The summed E-state index contributed by atoms with van der Waals surface area (Å²) in [7, 11) is 0.0653. The van der Waals surface area contributed by atoms with E-state index < -0.39 is 8.07 Å². The minimum Gasteiger partial charge on any atom is -0.497 e. The molecule has 0 unspecified atom stereocenters. The first kappa shape index (κ1) is 20.4. The first-order valence-electron chi connectivity index (χ1n) is 8.21. The molecule has 0 aliphatic heterocycles. The van der Waals surface area contributed by atoms with Crippen LogP contribution in [-0.2, 0) is 11.3 Å². The third kappa shape index (κ3) is 8.71. The van der Waals surface area contributed by atoms with Gasteiger partial charge < -0.3 is 4.74 Å². The second-order valence-electron chi connectivity index (χ2n) is 6.49. The molecule has 0 atom stereocenters. The predicted molar refractivity (Wildman–Crippen MR) is 105 cm³/mol. The number of carbonyl (C=O) groups is 1. The average molecular weight is 352 g/mol. The molecule has 0 heterocycles. The predicted octanol–water partition coefficient (Wildman–Crippen LogP) is 3.67. The van der Waals surface area contributed by atoms with Crippen molar-refractivity contribution >= 4 is 14.0 Å². The SMILES string of the molecule is CC#CC#CCCC(=O)N(C#C[Si](C)(C)C)Cc1ccc(OC)cc1. The van der Waals surface area contributed by atoms with Gasteiger partial charge in [-0.15, -0.1) is 5.54 Å². The van der Waals surface area contributed by atoms with E-state index in [1.165, 1.54) is 0 Å². The molecule has 25 heavy (non-hydrogen) atoms. The van der Waals surface area contributed by atoms with Crippen LogP contribution in [0.5, 0.6) is 5.75 Å². The lowest BCUT2D eigenvalue weighted by molar-refractivity contribution is -0.128. The Hall–Kier alpha value is -2.61. The molecule has 0 saturated carbocycles. The zero-order valence-electron chi connectivity index (χ0n) is 15.7. The van der Waals surface area contributed by atoms with E-state index in [0.29, 0.717) is 19.4 Å². The molecule has 0 radical (unpaired) electrons. The highest BCUT2D eigenvalue weighted by atomic mass is 28.3. The molecule has 1 rings (SSSR count). The second-order valence-corrected chi connectivity index (χ2v) is 11.2. The molecule has 3 nitrogen and oxygen atoms in total. The summed E-state index contributed by atoms with van der Waals surface area (Å²) in [5.74, 6) is 11.8. The van der Waals surface area contributed by atoms with Gasteiger partial charge in [-0.2, -0.15) is 0 Å². The molecule has 0 aliphatic rings. The molecule has 0 aliphatic carbocycles. The van der Waals surface area contributed by atoms with Crippen molar-refractivity contribution in [2.24, 2.45) is 0 Å². The van der Waals surface area contributed by atoms with E-state index in [1.54, 1.807) is 18.9 Å². The number of methoxy groups -OCH3 is 1. The molecule has 4 heteroatoms. The van der Waals surface area contributed by atoms with Crippen molar-refractivity contribution in [3.05, 3.63) is 29.8 Å². The number of rotatable bonds is 5. The van der Waals surface area contributed by atoms with Crippen molar-refractivity contribution in [1.29, 1.82) is 0 Å². The minimum atomic E-state index is -1.57. The summed E-state index contributed by atoms with van der Waals surface area (Å²) < 4.78 is 5.17. The van der Waals surface area contributed by atoms with Gasteiger partial charge in [0.1, 0.15) is 13.8 Å². The summed E-state index contributed by atoms with van der Waals surface area (Å²) in [6.07, 6.45) is 0.830. The first-order valence-corrected chi connectivity index (χ1v) is 11.7. The van der Waals surface area contributed by atoms with Crippen LogP contribution in [0.25, 0.3) is 0 Å². The van der Waals surface area contributed by atoms with E-state index in [-0.39, 0.29) is 5.91 Å². The Bertz CT molecular complexity index is 756. The summed E-state index contributed by atoms with van der Waals surface area (Å²) in [5.41, 5.74) is 4.28. The Balaban J connectivity index is 2.86. The lowest BCUT2D eigenvalue weighted by atomic mass is 10.2. The van der Waals surface area contributed by atoms with E-state index >= 15 is 0 Å². The monoisotopic (exact) mass is 351 g/mol. The zero-order valence-corrected chi connectivity index (χ0v) is 16.7. The van der Waals surface area contributed by atoms with E-state index in [1.807, 2.05) is 24.3 Å². The van der Waals surface area contributed by atoms with Gasteiger partial charge >= 0.3 is 0 Å². The molecule has 0 N–H and O–H groups in total. The lowest BCUT2D eigenvalue weighted by Gasteiger charge is -2.17. The molecule has 0 saturated heterocycles. The summed E-state index contributed by atoms with van der Waals surface area (Å²) in [5, 5.41) is 0. The van der Waals surface area contributed by atoms with Crippen LogP contribution in [0.4, 0.5) is 0 Å². The highest BCUT2D eigenvalue weighted by molar-refractivity contribution is 6.83. The number of nitrogens with zero attached hydrogens (tertiary/aromatic N) is 1. The summed E-state index contributed by atoms with van der Waals surface area (Å²) in [4.78, 5) is 14.1. The molecule has 1 aromatic rings. The Labute approximate surface area is 152 Å². The number of carbonyl (C=O) groups excluding carboxylic acids is 1. The third-order valence-corrected chi connectivity index (χ3v) is 3.97. The zero-order chi connectivity index (χ0) is 18.7. The van der Waals surface area contributed by atoms with Crippen LogP contribution in [0.2, 0.25) is 19.6 Å². The molecule has 1 amide bonds. The van der Waals surface area contributed by atoms with Gasteiger partial charge in [0.2, 0.25) is 5.91 Å². The van der Waals surface area contributed by atoms with Gasteiger partial charge in [-0.25, -0.2) is 0 Å². The quantitative estimate of drug-likeness (QED) is 0.460. The van der Waals surface area contributed by atoms with Crippen molar-refractivity contribution in [2.75, 3.05) is 7.11 Å². The van der Waals surface area contributed by atoms with Gasteiger partial charge in [0, 0.05) is 18.9 Å². The number of ether oxygens (including phenoxy) is 1. The molecular weight excluding hydrogens is 326 g/mol. The fourth-order valence-corrected chi connectivity index (χ4v) is 2.28. The highest BCUT2D eigenvalue weighted by Crippen LogP contribution is 2.13. The Morgan fingerprint density at radius 3 is 2.40 bits per heavy atom. The summed E-state index contributed by atoms with van der Waals surface area (Å²) >= 11 is 0. The second kappa shape index (κ2) is 10.3. The Morgan fingerprint density at radius 1 is 1.16 bits per heavy atom. The van der Waals surface area contributed by atoms with Gasteiger partial charge in [-0.1, -0.05) is 43.6 Å². The maximum atomic E-state index is 12.5. The topological polar surface area (TPSA) is 29.5 Å². The number of hydrogen-bond donors (Lipinski definition) is 0. The first-order chi connectivity index (χ1) is 11.9. The van der Waals surface area contributed by atoms with E-state index in [9.17, 15) is 4.79 Å². The Kier molecular flexibility index (Phi) is 8.41. The van der Waals surface area contributed by atoms with Crippen LogP contribution in [0.3, 0.4) is 0 Å². The van der Waals surface area contributed by atoms with Crippen LogP contribution in [0.1, 0.15) is 25.3 Å². The largest absolute Gasteiger partial charge is 0.497 e. The normalized spacial score (nSPS) is 9.48. The molecule has 1 aromatic carbocycles. The van der Waals surface area contributed by atoms with Gasteiger partial charge in [0.25, 0.3) is 0 Å². The molecular formula is C21H25NO2Si. The molecule has 130 valence electrons. The molecule has 0 bridgehead atoms. The van der Waals surface area contributed by atoms with Crippen LogP contribution < -0.4 is 4.74 Å². The van der Waals surface area contributed by atoms with Crippen molar-refractivity contribution < 1.29 is 9.53 Å². The number of amides is 1. The van der Waals surface area contributed by atoms with Crippen LogP contribution >= 0.6 is 0 Å². The van der Waals surface area contributed by atoms with Gasteiger partial charge in [-0.3, -0.25) is 9.69 Å². The van der Waals surface area contributed by atoms with E-state index in [4.69, 9.17) is 4.74 Å². The van der Waals surface area contributed by atoms with E-state index in [2.05, 4.69) is 54.9 Å². The fourth-order valence-electron chi connectivity index (χ4n) is 1.81. The fraction of sp³-hybridized carbons (Fsp3) is 0.381. The van der Waals surface area contributed by atoms with Crippen molar-refractivity contribution in [3.63, 3.8) is 0 Å². The summed E-state index contributed by atoms with van der Waals surface area (Å²) in [6, 6.07) is 10.8. The number of hydrogen-bond acceptors (Lipinski definition) is 2. The van der Waals surface area contributed by atoms with Gasteiger partial charge in [0.05, 0.1) is 13.7 Å². The van der Waals surface area contributed by atoms with Crippen LogP contribution in [0.15, 0.2) is 24.3 Å². The average Bonchev–Trinajstić information content (AvgIpc) is 2.58. The third-order valence-electron chi connectivity index (χ3n) is 3.11. The standard InChI is InChI=1S/C21H25NO2Si/c1-6-7-8-9-10-11-21(23)22(16-17-25(3,4)5)18-19-12-14-20(24-2)15-13-19/h12-15H,10-11,18H2,1-5H3. The minimum absolute atomic E-state index is 0.0136. The molecule has 0 spiro atoms. The number of benzene rings is 1. The maximum absolute atomic E-state index is 12.5. The summed E-state index contributed by atoms with van der Waals surface area (Å²) in [6.45, 7) is 8.67. The van der Waals surface area contributed by atoms with Gasteiger partial charge in [-0.05, 0) is 36.5 Å². The highest BCUT2D eigenvalue weighted by Gasteiger charge is 2.14. The van der Waals surface area contributed by atoms with Crippen LogP contribution in [-0.4, -0.2) is 26.0 Å². The lowest BCUT2D eigenvalue weighted by Crippen LogP contribution is -2.27. The van der Waals surface area contributed by atoms with Crippen LogP contribution in [0, 0.1) is 35.3 Å². The van der Waals surface area contributed by atoms with Gasteiger partial charge in [0.15, 0.2) is 0 Å². The molecule has 0 fully saturated rings.